The third-order valence-corrected chi connectivity index (χ3v) is 5.09. The lowest BCUT2D eigenvalue weighted by atomic mass is 10.1. The first kappa shape index (κ1) is 17.9. The first-order chi connectivity index (χ1) is 12.6. The van der Waals surface area contributed by atoms with Crippen molar-refractivity contribution in [3.63, 3.8) is 0 Å². The zero-order valence-electron chi connectivity index (χ0n) is 14.1. The van der Waals surface area contributed by atoms with Crippen LogP contribution in [0.15, 0.2) is 48.5 Å². The van der Waals surface area contributed by atoms with Crippen LogP contribution in [0.3, 0.4) is 0 Å². The maximum absolute atomic E-state index is 12.3. The molecule has 0 bridgehead atoms. The van der Waals surface area contributed by atoms with Gasteiger partial charge in [-0.2, -0.15) is 0 Å². The molecule has 0 spiro atoms. The normalized spacial score (nSPS) is 10.5. The predicted octanol–water partition coefficient (Wildman–Crippen LogP) is 3.00. The summed E-state index contributed by atoms with van der Waals surface area (Å²) in [7, 11) is 1.51. The van der Waals surface area contributed by atoms with Gasteiger partial charge in [-0.15, -0.1) is 11.3 Å². The molecule has 0 saturated heterocycles. The highest BCUT2D eigenvalue weighted by Gasteiger charge is 2.12. The largest absolute Gasteiger partial charge is 0.496 e. The molecule has 0 aliphatic rings. The number of methoxy groups -OCH3 is 1. The second kappa shape index (κ2) is 7.99. The minimum absolute atomic E-state index is 0.110. The van der Waals surface area contributed by atoms with Gasteiger partial charge in [0.25, 0.3) is 11.8 Å². The fraction of sp³-hybridized carbons (Fsp3) is 0.158. The zero-order chi connectivity index (χ0) is 18.5. The van der Waals surface area contributed by atoms with Crippen molar-refractivity contribution in [2.75, 3.05) is 13.7 Å². The first-order valence-corrected chi connectivity index (χ1v) is 8.82. The van der Waals surface area contributed by atoms with Crippen molar-refractivity contribution < 1.29 is 19.5 Å². The van der Waals surface area contributed by atoms with Crippen molar-refractivity contribution in [2.24, 2.45) is 0 Å². The van der Waals surface area contributed by atoms with Crippen LogP contribution in [0.25, 0.3) is 10.1 Å². The molecule has 1 heterocycles. The molecule has 0 radical (unpaired) electrons. The maximum atomic E-state index is 12.3. The summed E-state index contributed by atoms with van der Waals surface area (Å²) < 4.78 is 6.37. The SMILES string of the molecule is COc1cc(C(=O)NO)ccc1CCNC(=O)c1cc2ccccc2s1. The number of rotatable bonds is 6. The van der Waals surface area contributed by atoms with E-state index in [1.807, 2.05) is 30.3 Å². The summed E-state index contributed by atoms with van der Waals surface area (Å²) in [6.07, 6.45) is 0.556. The molecule has 3 N–H and O–H groups in total. The second-order valence-electron chi connectivity index (χ2n) is 5.62. The molecule has 7 heteroatoms. The molecule has 0 saturated carbocycles. The molecule has 2 amide bonds. The Balaban J connectivity index is 1.63. The molecule has 0 fully saturated rings. The summed E-state index contributed by atoms with van der Waals surface area (Å²) in [6.45, 7) is 0.439. The highest BCUT2D eigenvalue weighted by atomic mass is 32.1. The van der Waals surface area contributed by atoms with E-state index in [0.717, 1.165) is 15.6 Å². The number of carbonyl (C=O) groups is 2. The van der Waals surface area contributed by atoms with Gasteiger partial charge in [0, 0.05) is 16.8 Å². The van der Waals surface area contributed by atoms with Gasteiger partial charge in [0.1, 0.15) is 5.75 Å². The van der Waals surface area contributed by atoms with Gasteiger partial charge in [0.15, 0.2) is 0 Å². The minimum Gasteiger partial charge on any atom is -0.496 e. The summed E-state index contributed by atoms with van der Waals surface area (Å²) in [5.74, 6) is -0.184. The first-order valence-electron chi connectivity index (χ1n) is 8.00. The van der Waals surface area contributed by atoms with E-state index in [1.165, 1.54) is 18.4 Å². The molecule has 2 aromatic carbocycles. The Kier molecular flexibility index (Phi) is 5.50. The van der Waals surface area contributed by atoms with E-state index in [9.17, 15) is 9.59 Å². The topological polar surface area (TPSA) is 87.7 Å². The van der Waals surface area contributed by atoms with Gasteiger partial charge in [0.05, 0.1) is 12.0 Å². The highest BCUT2D eigenvalue weighted by molar-refractivity contribution is 7.20. The minimum atomic E-state index is -0.604. The molecular weight excluding hydrogens is 352 g/mol. The van der Waals surface area contributed by atoms with Gasteiger partial charge in [-0.1, -0.05) is 24.3 Å². The quantitative estimate of drug-likeness (QED) is 0.460. The second-order valence-corrected chi connectivity index (χ2v) is 6.71. The Bertz CT molecular complexity index is 919. The van der Waals surface area contributed by atoms with Gasteiger partial charge >= 0.3 is 0 Å². The number of amides is 2. The van der Waals surface area contributed by atoms with Gasteiger partial charge in [-0.25, -0.2) is 5.48 Å². The molecule has 0 aliphatic carbocycles. The van der Waals surface area contributed by atoms with Crippen molar-refractivity contribution >= 4 is 33.2 Å². The predicted molar refractivity (Wildman–Crippen MR) is 100 cm³/mol. The molecule has 26 heavy (non-hydrogen) atoms. The van der Waals surface area contributed by atoms with Crippen molar-refractivity contribution in [3.8, 4) is 5.75 Å². The van der Waals surface area contributed by atoms with Crippen LogP contribution in [0.2, 0.25) is 0 Å². The number of fused-ring (bicyclic) bond motifs is 1. The van der Waals surface area contributed by atoms with E-state index in [2.05, 4.69) is 5.32 Å². The molecule has 134 valence electrons. The van der Waals surface area contributed by atoms with Crippen LogP contribution in [-0.2, 0) is 6.42 Å². The van der Waals surface area contributed by atoms with E-state index in [1.54, 1.807) is 23.7 Å². The van der Waals surface area contributed by atoms with E-state index in [-0.39, 0.29) is 5.91 Å². The fourth-order valence-electron chi connectivity index (χ4n) is 2.65. The Labute approximate surface area is 154 Å². The van der Waals surface area contributed by atoms with Crippen molar-refractivity contribution in [3.05, 3.63) is 64.5 Å². The molecule has 6 nitrogen and oxygen atoms in total. The Morgan fingerprint density at radius 1 is 1.12 bits per heavy atom. The van der Waals surface area contributed by atoms with E-state index >= 15 is 0 Å². The third-order valence-electron chi connectivity index (χ3n) is 3.98. The average Bonchev–Trinajstić information content (AvgIpc) is 3.11. The molecule has 0 atom stereocenters. The lowest BCUT2D eigenvalue weighted by Gasteiger charge is -2.10. The fourth-order valence-corrected chi connectivity index (χ4v) is 3.63. The Hall–Kier alpha value is -2.90. The van der Waals surface area contributed by atoms with Gasteiger partial charge < -0.3 is 10.1 Å². The Morgan fingerprint density at radius 2 is 1.92 bits per heavy atom. The molecule has 1 aromatic heterocycles. The van der Waals surface area contributed by atoms with Gasteiger partial charge in [0.2, 0.25) is 0 Å². The Morgan fingerprint density at radius 3 is 2.65 bits per heavy atom. The van der Waals surface area contributed by atoms with E-state index in [0.29, 0.717) is 29.2 Å². The number of hydroxylamine groups is 1. The summed E-state index contributed by atoms with van der Waals surface area (Å²) >= 11 is 1.46. The van der Waals surface area contributed by atoms with Crippen molar-refractivity contribution in [2.45, 2.75) is 6.42 Å². The van der Waals surface area contributed by atoms with Crippen LogP contribution in [0.1, 0.15) is 25.6 Å². The van der Waals surface area contributed by atoms with E-state index < -0.39 is 5.91 Å². The number of thiophene rings is 1. The number of carbonyl (C=O) groups excluding carboxylic acids is 2. The van der Waals surface area contributed by atoms with Crippen molar-refractivity contribution in [1.82, 2.24) is 10.8 Å². The van der Waals surface area contributed by atoms with Gasteiger partial charge in [-0.3, -0.25) is 14.8 Å². The number of hydrogen-bond donors (Lipinski definition) is 3. The van der Waals surface area contributed by atoms with Crippen LogP contribution in [-0.4, -0.2) is 30.7 Å². The van der Waals surface area contributed by atoms with Crippen LogP contribution in [0.4, 0.5) is 0 Å². The summed E-state index contributed by atoms with van der Waals surface area (Å²) in [4.78, 5) is 24.5. The standard InChI is InChI=1S/C19H18N2O4S/c1-25-15-10-14(18(22)21-24)7-6-12(15)8-9-20-19(23)17-11-13-4-2-3-5-16(13)26-17/h2-7,10-11,24H,8-9H2,1H3,(H,20,23)(H,21,22). The third kappa shape index (κ3) is 3.84. The number of benzene rings is 2. The van der Waals surface area contributed by atoms with Crippen LogP contribution < -0.4 is 15.5 Å². The van der Waals surface area contributed by atoms with E-state index in [4.69, 9.17) is 9.94 Å². The molecule has 0 unspecified atom stereocenters. The smallest absolute Gasteiger partial charge is 0.274 e. The molecule has 0 aliphatic heterocycles. The zero-order valence-corrected chi connectivity index (χ0v) is 14.9. The van der Waals surface area contributed by atoms with Crippen LogP contribution in [0, 0.1) is 0 Å². The molecule has 3 aromatic rings. The molecular formula is C19H18N2O4S. The number of hydrogen-bond acceptors (Lipinski definition) is 5. The lowest BCUT2D eigenvalue weighted by molar-refractivity contribution is 0.0706. The van der Waals surface area contributed by atoms with Gasteiger partial charge in [-0.05, 0) is 41.6 Å². The monoisotopic (exact) mass is 370 g/mol. The summed E-state index contributed by atoms with van der Waals surface area (Å²) in [6, 6.07) is 14.7. The number of nitrogens with one attached hydrogen (secondary N) is 2. The average molecular weight is 370 g/mol. The summed E-state index contributed by atoms with van der Waals surface area (Å²) in [5, 5.41) is 12.7. The maximum Gasteiger partial charge on any atom is 0.274 e. The highest BCUT2D eigenvalue weighted by Crippen LogP contribution is 2.25. The van der Waals surface area contributed by atoms with Crippen molar-refractivity contribution in [1.29, 1.82) is 0 Å². The van der Waals surface area contributed by atoms with Crippen LogP contribution in [0.5, 0.6) is 5.75 Å². The van der Waals surface area contributed by atoms with Crippen LogP contribution >= 0.6 is 11.3 Å². The number of ether oxygens (including phenoxy) is 1. The summed E-state index contributed by atoms with van der Waals surface area (Å²) in [5.41, 5.74) is 2.74. The lowest BCUT2D eigenvalue weighted by Crippen LogP contribution is -2.25. The molecule has 3 rings (SSSR count).